The molecule has 0 aromatic heterocycles. The fourth-order valence-corrected chi connectivity index (χ4v) is 8.47. The summed E-state index contributed by atoms with van der Waals surface area (Å²) in [5.74, 6) is -2.02. The summed E-state index contributed by atoms with van der Waals surface area (Å²) in [7, 11) is -4.40. The largest absolute Gasteiger partial charge is 0.444 e. The number of aryl methyl sites for hydroxylation is 1. The standard InChI is InChI=1S/C30H42Cl2N4O7S/c1-18-15-20(31)16-21(32)24(18)44(41,42)35-27(39)30-17-19(30)11-8-6-5-7-9-12-22(33-28(40)43-29(2,3)4)26(38)36-14-10-13-23(36)25(37)34-30/h15-16,19,22-23H,5-14,17H2,1-4H3,(H,33,40)(H,34,37)(H,35,39)/t19-,22+,23?,30-/m1/s1. The van der Waals surface area contributed by atoms with E-state index in [1.165, 1.54) is 24.0 Å². The second kappa shape index (κ2) is 13.4. The summed E-state index contributed by atoms with van der Waals surface area (Å²) in [6.45, 7) is 7.05. The predicted molar refractivity (Wildman–Crippen MR) is 166 cm³/mol. The van der Waals surface area contributed by atoms with Gasteiger partial charge >= 0.3 is 6.09 Å². The molecule has 244 valence electrons. The van der Waals surface area contributed by atoms with Crippen LogP contribution >= 0.6 is 23.2 Å². The molecule has 0 spiro atoms. The summed E-state index contributed by atoms with van der Waals surface area (Å²) in [5, 5.41) is 5.69. The number of fused-ring (bicyclic) bond motifs is 2. The number of nitrogens with one attached hydrogen (secondary N) is 3. The van der Waals surface area contributed by atoms with Crippen molar-refractivity contribution in [1.82, 2.24) is 20.3 Å². The van der Waals surface area contributed by atoms with Crippen LogP contribution in [-0.4, -0.2) is 66.9 Å². The molecule has 1 aliphatic carbocycles. The Bertz CT molecular complexity index is 1390. The molecule has 4 rings (SSSR count). The van der Waals surface area contributed by atoms with Crippen LogP contribution in [0.1, 0.15) is 90.5 Å². The monoisotopic (exact) mass is 672 g/mol. The number of carbonyl (C=O) groups is 4. The summed E-state index contributed by atoms with van der Waals surface area (Å²) < 4.78 is 34.2. The van der Waals surface area contributed by atoms with Crippen LogP contribution in [0.3, 0.4) is 0 Å². The number of rotatable bonds is 4. The average molecular weight is 674 g/mol. The lowest BCUT2D eigenvalue weighted by atomic mass is 10.0. The maximum absolute atomic E-state index is 13.7. The molecule has 0 bridgehead atoms. The predicted octanol–water partition coefficient (Wildman–Crippen LogP) is 4.61. The Balaban J connectivity index is 1.57. The Morgan fingerprint density at radius 3 is 2.34 bits per heavy atom. The third-order valence-corrected chi connectivity index (χ3v) is 10.6. The van der Waals surface area contributed by atoms with E-state index in [4.69, 9.17) is 27.9 Å². The van der Waals surface area contributed by atoms with Crippen molar-refractivity contribution in [1.29, 1.82) is 0 Å². The lowest BCUT2D eigenvalue weighted by Gasteiger charge is -2.30. The Morgan fingerprint density at radius 2 is 1.68 bits per heavy atom. The number of amides is 4. The average Bonchev–Trinajstić information content (AvgIpc) is 3.34. The number of hydrogen-bond acceptors (Lipinski definition) is 7. The number of alkyl carbamates (subject to hydrolysis) is 1. The number of halogens is 2. The van der Waals surface area contributed by atoms with E-state index < -0.39 is 51.2 Å². The van der Waals surface area contributed by atoms with Crippen molar-refractivity contribution in [3.8, 4) is 0 Å². The molecular weight excluding hydrogens is 631 g/mol. The van der Waals surface area contributed by atoms with E-state index >= 15 is 0 Å². The maximum atomic E-state index is 13.7. The molecular formula is C30H42Cl2N4O7S. The van der Waals surface area contributed by atoms with Gasteiger partial charge in [-0.25, -0.2) is 17.9 Å². The lowest BCUT2D eigenvalue weighted by molar-refractivity contribution is -0.141. The Labute approximate surface area is 269 Å². The molecule has 4 amide bonds. The van der Waals surface area contributed by atoms with Crippen molar-refractivity contribution < 1.29 is 32.3 Å². The number of hydrogen-bond donors (Lipinski definition) is 3. The number of nitrogens with zero attached hydrogens (tertiary/aromatic N) is 1. The first-order valence-corrected chi connectivity index (χ1v) is 17.4. The first kappa shape index (κ1) is 34.3. The first-order chi connectivity index (χ1) is 20.5. The maximum Gasteiger partial charge on any atom is 0.408 e. The van der Waals surface area contributed by atoms with E-state index in [0.717, 1.165) is 25.7 Å². The van der Waals surface area contributed by atoms with E-state index in [1.807, 2.05) is 0 Å². The van der Waals surface area contributed by atoms with Gasteiger partial charge in [-0.15, -0.1) is 0 Å². The van der Waals surface area contributed by atoms with Gasteiger partial charge in [0, 0.05) is 11.6 Å². The van der Waals surface area contributed by atoms with E-state index in [0.29, 0.717) is 38.6 Å². The zero-order chi connectivity index (χ0) is 32.4. The summed E-state index contributed by atoms with van der Waals surface area (Å²) >= 11 is 12.2. The molecule has 2 heterocycles. The second-order valence-electron chi connectivity index (χ2n) is 13.1. The summed E-state index contributed by atoms with van der Waals surface area (Å²) in [6.07, 6.45) is 5.64. The van der Waals surface area contributed by atoms with E-state index in [9.17, 15) is 27.6 Å². The van der Waals surface area contributed by atoms with Gasteiger partial charge in [-0.05, 0) is 83.4 Å². The number of sulfonamides is 1. The van der Waals surface area contributed by atoms with E-state index in [2.05, 4.69) is 15.4 Å². The van der Waals surface area contributed by atoms with Crippen LogP contribution in [0.5, 0.6) is 0 Å². The van der Waals surface area contributed by atoms with Gasteiger partial charge in [0.2, 0.25) is 11.8 Å². The number of ether oxygens (including phenoxy) is 1. The van der Waals surface area contributed by atoms with Crippen LogP contribution in [0.4, 0.5) is 4.79 Å². The smallest absolute Gasteiger partial charge is 0.408 e. The molecule has 1 aromatic rings. The third kappa shape index (κ3) is 7.98. The molecule has 3 fully saturated rings. The van der Waals surface area contributed by atoms with Crippen molar-refractivity contribution in [3.63, 3.8) is 0 Å². The van der Waals surface area contributed by atoms with Crippen molar-refractivity contribution >= 4 is 57.0 Å². The fraction of sp³-hybridized carbons (Fsp3) is 0.667. The van der Waals surface area contributed by atoms with Crippen LogP contribution in [-0.2, 0) is 29.1 Å². The van der Waals surface area contributed by atoms with Crippen LogP contribution < -0.4 is 15.4 Å². The minimum atomic E-state index is -4.40. The minimum absolute atomic E-state index is 0.124. The zero-order valence-electron chi connectivity index (χ0n) is 25.6. The van der Waals surface area contributed by atoms with E-state index in [-0.39, 0.29) is 38.8 Å². The second-order valence-corrected chi connectivity index (χ2v) is 15.5. The molecule has 11 nitrogen and oxygen atoms in total. The normalized spacial score (nSPS) is 26.8. The fourth-order valence-electron chi connectivity index (χ4n) is 6.24. The highest BCUT2D eigenvalue weighted by molar-refractivity contribution is 7.90. The molecule has 4 atom stereocenters. The lowest BCUT2D eigenvalue weighted by Crippen LogP contribution is -2.58. The van der Waals surface area contributed by atoms with Gasteiger partial charge in [0.1, 0.15) is 28.1 Å². The van der Waals surface area contributed by atoms with E-state index in [1.54, 1.807) is 20.8 Å². The van der Waals surface area contributed by atoms with Gasteiger partial charge in [-0.1, -0.05) is 55.3 Å². The molecule has 1 aromatic carbocycles. The first-order valence-electron chi connectivity index (χ1n) is 15.2. The zero-order valence-corrected chi connectivity index (χ0v) is 28.0. The van der Waals surface area contributed by atoms with Crippen LogP contribution in [0.2, 0.25) is 10.0 Å². The molecule has 1 unspecified atom stereocenters. The molecule has 3 N–H and O–H groups in total. The van der Waals surface area contributed by atoms with Crippen molar-refractivity contribution in [2.45, 2.75) is 120 Å². The van der Waals surface area contributed by atoms with Crippen LogP contribution in [0.15, 0.2) is 17.0 Å². The van der Waals surface area contributed by atoms with Gasteiger partial charge < -0.3 is 20.3 Å². The van der Waals surface area contributed by atoms with Crippen LogP contribution in [0, 0.1) is 12.8 Å². The third-order valence-electron chi connectivity index (χ3n) is 8.42. The highest BCUT2D eigenvalue weighted by Gasteiger charge is 2.62. The van der Waals surface area contributed by atoms with Gasteiger partial charge in [0.15, 0.2) is 0 Å². The molecule has 0 radical (unpaired) electrons. The summed E-state index contributed by atoms with van der Waals surface area (Å²) in [4.78, 5) is 55.0. The van der Waals surface area contributed by atoms with Crippen molar-refractivity contribution in [2.24, 2.45) is 5.92 Å². The number of carbonyl (C=O) groups excluding carboxylic acids is 4. The SMILES string of the molecule is Cc1cc(Cl)cc(Cl)c1S(=O)(=O)NC(=O)[C@@]12C[C@H]1CCCCCCC[C@H](NC(=O)OC(C)(C)C)C(=O)N1CCCC1C(=O)N2. The highest BCUT2D eigenvalue weighted by atomic mass is 35.5. The summed E-state index contributed by atoms with van der Waals surface area (Å²) in [6, 6.07) is 0.987. The van der Waals surface area contributed by atoms with Gasteiger partial charge in [-0.3, -0.25) is 14.4 Å². The van der Waals surface area contributed by atoms with Gasteiger partial charge in [0.05, 0.1) is 5.02 Å². The van der Waals surface area contributed by atoms with Crippen molar-refractivity contribution in [3.05, 3.63) is 27.7 Å². The molecule has 2 aliphatic heterocycles. The molecule has 3 aliphatic rings. The Hall–Kier alpha value is -2.57. The Kier molecular flexibility index (Phi) is 10.5. The van der Waals surface area contributed by atoms with Gasteiger partial charge in [-0.2, -0.15) is 0 Å². The number of benzene rings is 1. The Morgan fingerprint density at radius 1 is 1.02 bits per heavy atom. The van der Waals surface area contributed by atoms with Crippen LogP contribution in [0.25, 0.3) is 0 Å². The van der Waals surface area contributed by atoms with Gasteiger partial charge in [0.25, 0.3) is 15.9 Å². The highest BCUT2D eigenvalue weighted by Crippen LogP contribution is 2.48. The summed E-state index contributed by atoms with van der Waals surface area (Å²) in [5.41, 5.74) is -1.92. The quantitative estimate of drug-likeness (QED) is 0.423. The molecule has 2 saturated heterocycles. The minimum Gasteiger partial charge on any atom is -0.444 e. The molecule has 14 heteroatoms. The molecule has 1 saturated carbocycles. The topological polar surface area (TPSA) is 151 Å². The van der Waals surface area contributed by atoms with Crippen molar-refractivity contribution in [2.75, 3.05) is 6.54 Å². The molecule has 44 heavy (non-hydrogen) atoms.